The van der Waals surface area contributed by atoms with Crippen LogP contribution in [0.5, 0.6) is 17.2 Å². The third-order valence-electron chi connectivity index (χ3n) is 5.28. The van der Waals surface area contributed by atoms with E-state index in [9.17, 15) is 15.0 Å². The van der Waals surface area contributed by atoms with Gasteiger partial charge in [0.25, 0.3) is 0 Å². The van der Waals surface area contributed by atoms with Crippen LogP contribution in [-0.2, 0) is 11.2 Å². The lowest BCUT2D eigenvalue weighted by Gasteiger charge is -2.11. The number of carbonyl (C=O) groups is 1. The van der Waals surface area contributed by atoms with Crippen LogP contribution >= 0.6 is 0 Å². The summed E-state index contributed by atoms with van der Waals surface area (Å²) in [5, 5.41) is 19.9. The Labute approximate surface area is 194 Å². The summed E-state index contributed by atoms with van der Waals surface area (Å²) in [4.78, 5) is 11.3. The van der Waals surface area contributed by atoms with Gasteiger partial charge in [0.1, 0.15) is 5.75 Å². The van der Waals surface area contributed by atoms with Crippen LogP contribution in [0.1, 0.15) is 85.6 Å². The lowest BCUT2D eigenvalue weighted by Crippen LogP contribution is -2.04. The number of rotatable bonds is 12. The fourth-order valence-corrected chi connectivity index (χ4v) is 3.32. The Morgan fingerprint density at radius 2 is 1.28 bits per heavy atom. The summed E-state index contributed by atoms with van der Waals surface area (Å²) < 4.78 is 5.16. The number of carbonyl (C=O) groups excluding carboxylic acids is 1. The molecule has 0 heterocycles. The maximum atomic E-state index is 11.3. The highest BCUT2D eigenvalue weighted by molar-refractivity contribution is 5.71. The van der Waals surface area contributed by atoms with E-state index in [4.69, 9.17) is 4.74 Å². The number of hydrogen-bond acceptors (Lipinski definition) is 4. The van der Waals surface area contributed by atoms with E-state index in [2.05, 4.69) is 45.9 Å². The van der Waals surface area contributed by atoms with Gasteiger partial charge < -0.3 is 14.9 Å². The molecular formula is C28H40O4. The zero-order valence-electron chi connectivity index (χ0n) is 20.6. The molecule has 176 valence electrons. The van der Waals surface area contributed by atoms with Gasteiger partial charge in [-0.15, -0.1) is 0 Å². The van der Waals surface area contributed by atoms with E-state index in [0.717, 1.165) is 38.5 Å². The molecule has 0 aliphatic carbocycles. The van der Waals surface area contributed by atoms with Crippen molar-refractivity contribution in [3.05, 3.63) is 64.3 Å². The van der Waals surface area contributed by atoms with E-state index in [1.165, 1.54) is 41.3 Å². The summed E-state index contributed by atoms with van der Waals surface area (Å²) >= 11 is 0. The number of phenolic OH excluding ortho intramolecular Hbond substituents is 2. The van der Waals surface area contributed by atoms with Gasteiger partial charge in [-0.1, -0.05) is 46.6 Å². The van der Waals surface area contributed by atoms with Crippen LogP contribution in [0.3, 0.4) is 0 Å². The molecule has 0 radical (unpaired) electrons. The van der Waals surface area contributed by atoms with E-state index in [1.54, 1.807) is 0 Å². The molecule has 1 rings (SSSR count). The third-order valence-corrected chi connectivity index (χ3v) is 5.28. The number of ether oxygens (including phenoxy) is 1. The second-order valence-electron chi connectivity index (χ2n) is 8.76. The normalized spacial score (nSPS) is 12.6. The molecule has 0 aliphatic heterocycles. The van der Waals surface area contributed by atoms with Crippen molar-refractivity contribution in [2.75, 3.05) is 0 Å². The van der Waals surface area contributed by atoms with E-state index < -0.39 is 5.97 Å². The van der Waals surface area contributed by atoms with Crippen LogP contribution in [0, 0.1) is 0 Å². The number of benzene rings is 1. The van der Waals surface area contributed by atoms with Crippen molar-refractivity contribution in [3.8, 4) is 17.2 Å². The largest absolute Gasteiger partial charge is 0.504 e. The van der Waals surface area contributed by atoms with Gasteiger partial charge in [0.15, 0.2) is 11.5 Å². The molecule has 4 heteroatoms. The molecule has 0 unspecified atom stereocenters. The summed E-state index contributed by atoms with van der Waals surface area (Å²) in [5.74, 6) is -0.651. The Balaban J connectivity index is 2.54. The molecule has 0 spiro atoms. The Morgan fingerprint density at radius 3 is 1.78 bits per heavy atom. The molecule has 0 fully saturated rings. The Hall–Kier alpha value is -2.75. The van der Waals surface area contributed by atoms with Crippen molar-refractivity contribution in [1.29, 1.82) is 0 Å². The van der Waals surface area contributed by atoms with Gasteiger partial charge in [0.2, 0.25) is 0 Å². The molecule has 32 heavy (non-hydrogen) atoms. The second-order valence-corrected chi connectivity index (χ2v) is 8.76. The Kier molecular flexibility index (Phi) is 12.2. The fraction of sp³-hybridized carbons (Fsp3) is 0.464. The molecule has 0 amide bonds. The molecule has 1 aromatic carbocycles. The quantitative estimate of drug-likeness (QED) is 0.151. The first-order valence-corrected chi connectivity index (χ1v) is 11.4. The highest BCUT2D eigenvalue weighted by atomic mass is 16.5. The minimum Gasteiger partial charge on any atom is -0.504 e. The number of allylic oxidation sites excluding steroid dienone is 8. The van der Waals surface area contributed by atoms with Crippen molar-refractivity contribution in [1.82, 2.24) is 0 Å². The van der Waals surface area contributed by atoms with Gasteiger partial charge in [0, 0.05) is 12.5 Å². The first kappa shape index (κ1) is 27.3. The molecule has 0 saturated carbocycles. The molecule has 0 aromatic heterocycles. The van der Waals surface area contributed by atoms with Gasteiger partial charge in [0.05, 0.1) is 0 Å². The molecule has 0 atom stereocenters. The highest BCUT2D eigenvalue weighted by Crippen LogP contribution is 2.36. The van der Waals surface area contributed by atoms with Gasteiger partial charge >= 0.3 is 5.97 Å². The average Bonchev–Trinajstić information content (AvgIpc) is 2.69. The van der Waals surface area contributed by atoms with E-state index in [1.807, 2.05) is 13.0 Å². The van der Waals surface area contributed by atoms with Crippen LogP contribution in [-0.4, -0.2) is 16.2 Å². The van der Waals surface area contributed by atoms with Gasteiger partial charge in [-0.3, -0.25) is 4.79 Å². The minimum absolute atomic E-state index is 0.221. The molecule has 0 bridgehead atoms. The summed E-state index contributed by atoms with van der Waals surface area (Å²) in [7, 11) is 0. The smallest absolute Gasteiger partial charge is 0.308 e. The predicted molar refractivity (Wildman–Crippen MR) is 133 cm³/mol. The topological polar surface area (TPSA) is 66.8 Å². The van der Waals surface area contributed by atoms with Crippen molar-refractivity contribution in [2.24, 2.45) is 0 Å². The average molecular weight is 441 g/mol. The van der Waals surface area contributed by atoms with Crippen LogP contribution in [0.15, 0.2) is 58.7 Å². The molecule has 1 aromatic rings. The van der Waals surface area contributed by atoms with Crippen molar-refractivity contribution < 1.29 is 19.7 Å². The summed E-state index contributed by atoms with van der Waals surface area (Å²) in [6.07, 6.45) is 15.6. The van der Waals surface area contributed by atoms with Crippen molar-refractivity contribution in [2.45, 2.75) is 86.5 Å². The lowest BCUT2D eigenvalue weighted by atomic mass is 10.0. The van der Waals surface area contributed by atoms with Crippen LogP contribution in [0.2, 0.25) is 0 Å². The maximum Gasteiger partial charge on any atom is 0.308 e. The van der Waals surface area contributed by atoms with Gasteiger partial charge in [-0.05, 0) is 91.7 Å². The van der Waals surface area contributed by atoms with Crippen LogP contribution in [0.4, 0.5) is 0 Å². The minimum atomic E-state index is -0.462. The number of phenols is 2. The van der Waals surface area contributed by atoms with E-state index in [0.29, 0.717) is 12.0 Å². The van der Waals surface area contributed by atoms with E-state index in [-0.39, 0.29) is 17.2 Å². The summed E-state index contributed by atoms with van der Waals surface area (Å²) in [6, 6.07) is 2.82. The highest BCUT2D eigenvalue weighted by Gasteiger charge is 2.14. The monoisotopic (exact) mass is 440 g/mol. The SMILES string of the molecule is CC(=O)Oc1ccc(O)c(O)c1C/C=C(/C)CC/C=C(\C)CC/C=C(\C)CCC=C(C)C. The van der Waals surface area contributed by atoms with Crippen molar-refractivity contribution in [3.63, 3.8) is 0 Å². The van der Waals surface area contributed by atoms with Gasteiger partial charge in [-0.2, -0.15) is 0 Å². The number of aromatic hydroxyl groups is 2. The standard InChI is InChI=1S/C28H40O4/c1-20(2)10-7-11-21(3)12-8-13-22(4)14-9-15-23(5)16-17-25-27(32-24(6)29)19-18-26(30)28(25)31/h10,12,14,16,18-19,30-31H,7-9,11,13,15,17H2,1-6H3/b21-12+,22-14+,23-16-. The summed E-state index contributed by atoms with van der Waals surface area (Å²) in [5.41, 5.74) is 5.83. The first-order chi connectivity index (χ1) is 15.1. The Bertz CT molecular complexity index is 881. The van der Waals surface area contributed by atoms with Gasteiger partial charge in [-0.25, -0.2) is 0 Å². The zero-order valence-corrected chi connectivity index (χ0v) is 20.6. The Morgan fingerprint density at radius 1 is 0.781 bits per heavy atom. The molecule has 4 nitrogen and oxygen atoms in total. The van der Waals surface area contributed by atoms with Crippen molar-refractivity contribution >= 4 is 5.97 Å². The first-order valence-electron chi connectivity index (χ1n) is 11.4. The van der Waals surface area contributed by atoms with Crippen LogP contribution < -0.4 is 4.74 Å². The number of esters is 1. The fourth-order valence-electron chi connectivity index (χ4n) is 3.32. The molecule has 2 N–H and O–H groups in total. The van der Waals surface area contributed by atoms with Crippen LogP contribution in [0.25, 0.3) is 0 Å². The summed E-state index contributed by atoms with van der Waals surface area (Å²) in [6.45, 7) is 12.0. The molecule has 0 aliphatic rings. The maximum absolute atomic E-state index is 11.3. The zero-order chi connectivity index (χ0) is 24.1. The third kappa shape index (κ3) is 11.0. The number of hydrogen-bond donors (Lipinski definition) is 2. The molecular weight excluding hydrogens is 400 g/mol. The lowest BCUT2D eigenvalue weighted by molar-refractivity contribution is -0.131. The van der Waals surface area contributed by atoms with E-state index >= 15 is 0 Å². The molecule has 0 saturated heterocycles. The second kappa shape index (κ2) is 14.3. The predicted octanol–water partition coefficient (Wildman–Crippen LogP) is 7.71.